The number of rotatable bonds is 3. The van der Waals surface area contributed by atoms with Crippen molar-refractivity contribution in [1.82, 2.24) is 0 Å². The zero-order valence-corrected chi connectivity index (χ0v) is 7.82. The van der Waals surface area contributed by atoms with E-state index in [9.17, 15) is 4.79 Å². The van der Waals surface area contributed by atoms with Gasteiger partial charge in [0.2, 0.25) is 0 Å². The number of hydrogen-bond donors (Lipinski definition) is 0. The van der Waals surface area contributed by atoms with Gasteiger partial charge < -0.3 is 14.3 Å². The fraction of sp³-hybridized carbons (Fsp3) is 0.889. The number of hydrogen-bond acceptors (Lipinski definition) is 3. The van der Waals surface area contributed by atoms with Gasteiger partial charge in [0.05, 0.1) is 18.8 Å². The van der Waals surface area contributed by atoms with E-state index in [1.807, 2.05) is 13.8 Å². The lowest BCUT2D eigenvalue weighted by Gasteiger charge is -2.13. The fourth-order valence-electron chi connectivity index (χ4n) is 1.67. The van der Waals surface area contributed by atoms with Gasteiger partial charge in [-0.15, -0.1) is 0 Å². The van der Waals surface area contributed by atoms with Crippen molar-refractivity contribution >= 4 is 6.29 Å². The Morgan fingerprint density at radius 1 is 1.50 bits per heavy atom. The van der Waals surface area contributed by atoms with Crippen LogP contribution in [0.2, 0.25) is 0 Å². The standard InChI is InChI=1S/C9H16O3/c1-6-7(2)12-9(5-11-3)8(6)4-10/h4,6-9H,5H2,1-3H3. The van der Waals surface area contributed by atoms with E-state index in [0.29, 0.717) is 12.5 Å². The van der Waals surface area contributed by atoms with Gasteiger partial charge in [-0.05, 0) is 12.8 Å². The van der Waals surface area contributed by atoms with Crippen LogP contribution in [0.15, 0.2) is 0 Å². The van der Waals surface area contributed by atoms with Crippen molar-refractivity contribution in [3.8, 4) is 0 Å². The third kappa shape index (κ3) is 1.67. The second kappa shape index (κ2) is 4.01. The van der Waals surface area contributed by atoms with E-state index in [2.05, 4.69) is 0 Å². The number of carbonyl (C=O) groups excluding carboxylic acids is 1. The highest BCUT2D eigenvalue weighted by atomic mass is 16.5. The molecule has 0 spiro atoms. The van der Waals surface area contributed by atoms with Crippen LogP contribution in [0.1, 0.15) is 13.8 Å². The average Bonchev–Trinajstić information content (AvgIpc) is 2.29. The molecule has 3 heteroatoms. The molecule has 3 nitrogen and oxygen atoms in total. The second-order valence-corrected chi connectivity index (χ2v) is 3.41. The third-order valence-electron chi connectivity index (χ3n) is 2.65. The first kappa shape index (κ1) is 9.68. The Kier molecular flexibility index (Phi) is 3.23. The van der Waals surface area contributed by atoms with E-state index in [4.69, 9.17) is 9.47 Å². The lowest BCUT2D eigenvalue weighted by molar-refractivity contribution is -0.114. The van der Waals surface area contributed by atoms with Crippen LogP contribution in [0.3, 0.4) is 0 Å². The normalized spacial score (nSPS) is 41.6. The zero-order chi connectivity index (χ0) is 9.14. The molecule has 0 aromatic rings. The maximum Gasteiger partial charge on any atom is 0.126 e. The fourth-order valence-corrected chi connectivity index (χ4v) is 1.67. The molecule has 1 rings (SSSR count). The lowest BCUT2D eigenvalue weighted by Crippen LogP contribution is -2.25. The highest BCUT2D eigenvalue weighted by Gasteiger charge is 2.39. The van der Waals surface area contributed by atoms with Gasteiger partial charge in [0, 0.05) is 13.0 Å². The lowest BCUT2D eigenvalue weighted by atomic mass is 9.91. The first-order valence-corrected chi connectivity index (χ1v) is 4.30. The van der Waals surface area contributed by atoms with Gasteiger partial charge in [0.15, 0.2) is 0 Å². The highest BCUT2D eigenvalue weighted by molar-refractivity contribution is 5.55. The predicted octanol–water partition coefficient (Wildman–Crippen LogP) is 0.871. The molecule has 1 aliphatic heterocycles. The van der Waals surface area contributed by atoms with E-state index >= 15 is 0 Å². The summed E-state index contributed by atoms with van der Waals surface area (Å²) in [6, 6.07) is 0. The smallest absolute Gasteiger partial charge is 0.126 e. The van der Waals surface area contributed by atoms with Crippen LogP contribution in [-0.2, 0) is 14.3 Å². The summed E-state index contributed by atoms with van der Waals surface area (Å²) in [5, 5.41) is 0. The summed E-state index contributed by atoms with van der Waals surface area (Å²) in [5.41, 5.74) is 0. The summed E-state index contributed by atoms with van der Waals surface area (Å²) in [4.78, 5) is 10.7. The Balaban J connectivity index is 2.58. The van der Waals surface area contributed by atoms with Crippen molar-refractivity contribution in [2.45, 2.75) is 26.1 Å². The molecule has 4 unspecified atom stereocenters. The molecular formula is C9H16O3. The van der Waals surface area contributed by atoms with Crippen molar-refractivity contribution in [2.75, 3.05) is 13.7 Å². The molecule has 0 aromatic carbocycles. The summed E-state index contributed by atoms with van der Waals surface area (Å²) in [7, 11) is 1.62. The van der Waals surface area contributed by atoms with E-state index in [-0.39, 0.29) is 18.1 Å². The van der Waals surface area contributed by atoms with Crippen molar-refractivity contribution in [1.29, 1.82) is 0 Å². The summed E-state index contributed by atoms with van der Waals surface area (Å²) in [6.45, 7) is 4.55. The quantitative estimate of drug-likeness (QED) is 0.592. The Morgan fingerprint density at radius 2 is 2.17 bits per heavy atom. The van der Waals surface area contributed by atoms with Crippen molar-refractivity contribution in [2.24, 2.45) is 11.8 Å². The molecule has 1 fully saturated rings. The van der Waals surface area contributed by atoms with Gasteiger partial charge in [0.25, 0.3) is 0 Å². The number of ether oxygens (including phenoxy) is 2. The van der Waals surface area contributed by atoms with Crippen LogP contribution < -0.4 is 0 Å². The first-order chi connectivity index (χ1) is 5.70. The van der Waals surface area contributed by atoms with E-state index in [1.165, 1.54) is 0 Å². The minimum Gasteiger partial charge on any atom is -0.382 e. The van der Waals surface area contributed by atoms with Crippen LogP contribution in [-0.4, -0.2) is 32.2 Å². The van der Waals surface area contributed by atoms with Gasteiger partial charge in [-0.2, -0.15) is 0 Å². The minimum absolute atomic E-state index is 0.0000463. The maximum absolute atomic E-state index is 10.7. The Morgan fingerprint density at radius 3 is 2.67 bits per heavy atom. The molecule has 0 N–H and O–H groups in total. The summed E-state index contributed by atoms with van der Waals surface area (Å²) >= 11 is 0. The molecule has 1 heterocycles. The molecule has 0 amide bonds. The molecule has 0 saturated carbocycles. The van der Waals surface area contributed by atoms with Crippen molar-refractivity contribution < 1.29 is 14.3 Å². The monoisotopic (exact) mass is 172 g/mol. The Hall–Kier alpha value is -0.410. The largest absolute Gasteiger partial charge is 0.382 e. The number of aldehydes is 1. The molecule has 4 atom stereocenters. The molecule has 0 aromatic heterocycles. The summed E-state index contributed by atoms with van der Waals surface area (Å²) in [5.74, 6) is 0.308. The molecular weight excluding hydrogens is 156 g/mol. The predicted molar refractivity (Wildman–Crippen MR) is 44.9 cm³/mol. The average molecular weight is 172 g/mol. The SMILES string of the molecule is COCC1OC(C)C(C)C1C=O. The Bertz CT molecular complexity index is 158. The summed E-state index contributed by atoms with van der Waals surface area (Å²) in [6.07, 6.45) is 1.11. The van der Waals surface area contributed by atoms with E-state index in [1.54, 1.807) is 7.11 Å². The molecule has 12 heavy (non-hydrogen) atoms. The van der Waals surface area contributed by atoms with Gasteiger partial charge >= 0.3 is 0 Å². The summed E-state index contributed by atoms with van der Waals surface area (Å²) < 4.78 is 10.5. The van der Waals surface area contributed by atoms with Crippen molar-refractivity contribution in [3.05, 3.63) is 0 Å². The van der Waals surface area contributed by atoms with Crippen LogP contribution >= 0.6 is 0 Å². The molecule has 1 saturated heterocycles. The molecule has 70 valence electrons. The third-order valence-corrected chi connectivity index (χ3v) is 2.65. The highest BCUT2D eigenvalue weighted by Crippen LogP contribution is 2.30. The topological polar surface area (TPSA) is 35.5 Å². The van der Waals surface area contributed by atoms with Crippen LogP contribution in [0.25, 0.3) is 0 Å². The van der Waals surface area contributed by atoms with Crippen molar-refractivity contribution in [3.63, 3.8) is 0 Å². The maximum atomic E-state index is 10.7. The molecule has 0 aliphatic carbocycles. The molecule has 0 bridgehead atoms. The zero-order valence-electron chi connectivity index (χ0n) is 7.82. The molecule has 0 radical (unpaired) electrons. The Labute approximate surface area is 73.0 Å². The van der Waals surface area contributed by atoms with E-state index in [0.717, 1.165) is 6.29 Å². The molecule has 1 aliphatic rings. The first-order valence-electron chi connectivity index (χ1n) is 4.30. The number of methoxy groups -OCH3 is 1. The van der Waals surface area contributed by atoms with Crippen LogP contribution in [0.5, 0.6) is 0 Å². The van der Waals surface area contributed by atoms with Crippen LogP contribution in [0.4, 0.5) is 0 Å². The van der Waals surface area contributed by atoms with Gasteiger partial charge in [0.1, 0.15) is 6.29 Å². The minimum atomic E-state index is -0.0440. The van der Waals surface area contributed by atoms with Crippen LogP contribution in [0, 0.1) is 11.8 Å². The van der Waals surface area contributed by atoms with Gasteiger partial charge in [-0.25, -0.2) is 0 Å². The second-order valence-electron chi connectivity index (χ2n) is 3.41. The van der Waals surface area contributed by atoms with Gasteiger partial charge in [-0.3, -0.25) is 0 Å². The van der Waals surface area contributed by atoms with E-state index < -0.39 is 0 Å². The van der Waals surface area contributed by atoms with Gasteiger partial charge in [-0.1, -0.05) is 6.92 Å². The number of carbonyl (C=O) groups is 1.